The van der Waals surface area contributed by atoms with Gasteiger partial charge in [-0.25, -0.2) is 34.1 Å². The van der Waals surface area contributed by atoms with Crippen LogP contribution in [0.15, 0.2) is 36.8 Å². The third-order valence-corrected chi connectivity index (χ3v) is 7.17. The number of thiazole rings is 1. The number of hydrogen-bond donors (Lipinski definition) is 2. The highest BCUT2D eigenvalue weighted by molar-refractivity contribution is 7.22. The van der Waals surface area contributed by atoms with E-state index in [9.17, 15) is 4.79 Å². The van der Waals surface area contributed by atoms with Crippen LogP contribution in [0, 0.1) is 12.7 Å². The lowest BCUT2D eigenvalue weighted by Crippen LogP contribution is -2.18. The highest BCUT2D eigenvalue weighted by Gasteiger charge is 2.20. The molecule has 3 heterocycles. The molecule has 0 unspecified atom stereocenters. The average molecular weight is 595 g/mol. The van der Waals surface area contributed by atoms with Crippen LogP contribution >= 0.6 is 11.3 Å². The van der Waals surface area contributed by atoms with Crippen LogP contribution in [0.25, 0.3) is 31.8 Å². The van der Waals surface area contributed by atoms with E-state index in [0.29, 0.717) is 39.4 Å². The zero-order valence-electron chi connectivity index (χ0n) is 23.0. The van der Waals surface area contributed by atoms with Gasteiger partial charge in [0.15, 0.2) is 11.6 Å². The second-order valence-electron chi connectivity index (χ2n) is 8.92. The Kier molecular flexibility index (Phi) is 8.83. The predicted octanol–water partition coefficient (Wildman–Crippen LogP) is 4.71. The van der Waals surface area contributed by atoms with Crippen LogP contribution in [0.1, 0.15) is 18.1 Å². The molecule has 0 radical (unpaired) electrons. The zero-order chi connectivity index (χ0) is 29.6. The standard InChI is InChI=1S/C28H27FN6O6S/c1-4-17-24(39-7-8-41-28(37)33-16-12-31-27(32-13-16)40-6-5-36)19(29)11-21-25(17)42-26(35-21)18-9-15(2)10-20-23(18)30-14-22(34-20)38-3/h9-14,36H,4-8H2,1-3H3,(H,33,37). The van der Waals surface area contributed by atoms with Gasteiger partial charge < -0.3 is 24.1 Å². The monoisotopic (exact) mass is 594 g/mol. The van der Waals surface area contributed by atoms with Crippen LogP contribution in [0.5, 0.6) is 17.6 Å². The van der Waals surface area contributed by atoms with Gasteiger partial charge in [0.05, 0.1) is 59.2 Å². The molecule has 5 rings (SSSR count). The second-order valence-corrected chi connectivity index (χ2v) is 9.91. The lowest BCUT2D eigenvalue weighted by atomic mass is 10.1. The van der Waals surface area contributed by atoms with Gasteiger partial charge in [-0.3, -0.25) is 5.32 Å². The predicted molar refractivity (Wildman–Crippen MR) is 154 cm³/mol. The van der Waals surface area contributed by atoms with Crippen molar-refractivity contribution in [1.82, 2.24) is 24.9 Å². The van der Waals surface area contributed by atoms with Crippen molar-refractivity contribution in [2.75, 3.05) is 38.9 Å². The largest absolute Gasteiger partial charge is 0.487 e. The number of anilines is 1. The average Bonchev–Trinajstić information content (AvgIpc) is 3.41. The number of halogens is 1. The fraction of sp³-hybridized carbons (Fsp3) is 0.286. The number of nitrogens with zero attached hydrogens (tertiary/aromatic N) is 5. The minimum atomic E-state index is -0.754. The lowest BCUT2D eigenvalue weighted by molar-refractivity contribution is 0.136. The molecule has 0 saturated carbocycles. The molecule has 1 amide bonds. The number of ether oxygens (including phenoxy) is 4. The van der Waals surface area contributed by atoms with Crippen LogP contribution in [-0.4, -0.2) is 69.7 Å². The van der Waals surface area contributed by atoms with Crippen LogP contribution in [0.4, 0.5) is 14.9 Å². The number of carbonyl (C=O) groups excluding carboxylic acids is 1. The Morgan fingerprint density at radius 3 is 2.57 bits per heavy atom. The van der Waals surface area contributed by atoms with Crippen molar-refractivity contribution in [3.05, 3.63) is 53.7 Å². The Labute approximate surface area is 243 Å². The molecule has 2 N–H and O–H groups in total. The number of aliphatic hydroxyl groups is 1. The lowest BCUT2D eigenvalue weighted by Gasteiger charge is -2.12. The number of rotatable bonds is 11. The molecule has 14 heteroatoms. The topological polar surface area (TPSA) is 151 Å². The molecular formula is C28H27FN6O6S. The summed E-state index contributed by atoms with van der Waals surface area (Å²) in [4.78, 5) is 33.7. The maximum atomic E-state index is 15.2. The summed E-state index contributed by atoms with van der Waals surface area (Å²) in [5, 5.41) is 11.9. The van der Waals surface area contributed by atoms with E-state index >= 15 is 4.39 Å². The van der Waals surface area contributed by atoms with Crippen molar-refractivity contribution in [2.24, 2.45) is 0 Å². The third-order valence-electron chi connectivity index (χ3n) is 6.00. The van der Waals surface area contributed by atoms with Gasteiger partial charge in [0.2, 0.25) is 5.88 Å². The van der Waals surface area contributed by atoms with Crippen molar-refractivity contribution in [1.29, 1.82) is 0 Å². The SMILES string of the molecule is CCc1c(OCCOC(=O)Nc2cnc(OCCO)nc2)c(F)cc2nc(-c3cc(C)cc4nc(OC)cnc34)sc12. The molecule has 0 fully saturated rings. The van der Waals surface area contributed by atoms with Gasteiger partial charge in [0, 0.05) is 17.2 Å². The highest BCUT2D eigenvalue weighted by Crippen LogP contribution is 2.40. The smallest absolute Gasteiger partial charge is 0.411 e. The maximum Gasteiger partial charge on any atom is 0.411 e. The van der Waals surface area contributed by atoms with Crippen molar-refractivity contribution in [3.8, 4) is 28.2 Å². The van der Waals surface area contributed by atoms with Crippen molar-refractivity contribution in [3.63, 3.8) is 0 Å². The molecule has 0 spiro atoms. The van der Waals surface area contributed by atoms with E-state index in [4.69, 9.17) is 29.0 Å². The van der Waals surface area contributed by atoms with Gasteiger partial charge in [-0.05, 0) is 31.0 Å². The molecule has 2 aromatic carbocycles. The Hall–Kier alpha value is -4.69. The Morgan fingerprint density at radius 1 is 1.02 bits per heavy atom. The molecule has 0 atom stereocenters. The first-order valence-electron chi connectivity index (χ1n) is 13.0. The quantitative estimate of drug-likeness (QED) is 0.205. The van der Waals surface area contributed by atoms with E-state index < -0.39 is 11.9 Å². The summed E-state index contributed by atoms with van der Waals surface area (Å²) in [7, 11) is 1.54. The van der Waals surface area contributed by atoms with Crippen LogP contribution in [-0.2, 0) is 11.2 Å². The fourth-order valence-corrected chi connectivity index (χ4v) is 5.38. The third kappa shape index (κ3) is 6.29. The summed E-state index contributed by atoms with van der Waals surface area (Å²) in [6.45, 7) is 3.56. The van der Waals surface area contributed by atoms with Gasteiger partial charge >= 0.3 is 12.1 Å². The zero-order valence-corrected chi connectivity index (χ0v) is 23.8. The molecule has 42 heavy (non-hydrogen) atoms. The van der Waals surface area contributed by atoms with Crippen molar-refractivity contribution < 1.29 is 33.2 Å². The number of methoxy groups -OCH3 is 1. The van der Waals surface area contributed by atoms with Gasteiger partial charge in [-0.2, -0.15) is 0 Å². The summed E-state index contributed by atoms with van der Waals surface area (Å²) < 4.78 is 37.2. The van der Waals surface area contributed by atoms with E-state index in [2.05, 4.69) is 25.3 Å². The van der Waals surface area contributed by atoms with E-state index in [1.807, 2.05) is 26.0 Å². The molecule has 218 valence electrons. The minimum Gasteiger partial charge on any atom is -0.487 e. The van der Waals surface area contributed by atoms with E-state index in [-0.39, 0.29) is 43.9 Å². The highest BCUT2D eigenvalue weighted by atomic mass is 32.1. The number of nitrogens with one attached hydrogen (secondary N) is 1. The molecule has 0 aliphatic heterocycles. The first-order valence-corrected chi connectivity index (χ1v) is 13.8. The number of carbonyl (C=O) groups is 1. The minimum absolute atomic E-state index is 0.0569. The molecule has 0 aliphatic rings. The van der Waals surface area contributed by atoms with Crippen LogP contribution in [0.3, 0.4) is 0 Å². The second kappa shape index (κ2) is 12.9. The number of aryl methyl sites for hydroxylation is 2. The molecular weight excluding hydrogens is 567 g/mol. The Balaban J connectivity index is 1.29. The summed E-state index contributed by atoms with van der Waals surface area (Å²) >= 11 is 1.42. The number of benzene rings is 2. The molecule has 5 aromatic rings. The van der Waals surface area contributed by atoms with Gasteiger partial charge in [0.25, 0.3) is 0 Å². The summed E-state index contributed by atoms with van der Waals surface area (Å²) in [6, 6.07) is 5.32. The number of hydrogen-bond acceptors (Lipinski definition) is 12. The molecule has 3 aromatic heterocycles. The van der Waals surface area contributed by atoms with Crippen LogP contribution in [0.2, 0.25) is 0 Å². The molecule has 0 saturated heterocycles. The van der Waals surface area contributed by atoms with Crippen LogP contribution < -0.4 is 19.5 Å². The maximum absolute atomic E-state index is 15.2. The normalized spacial score (nSPS) is 11.1. The summed E-state index contributed by atoms with van der Waals surface area (Å²) in [5.74, 6) is -0.0512. The van der Waals surface area contributed by atoms with Gasteiger partial charge in [-0.15, -0.1) is 11.3 Å². The Morgan fingerprint density at radius 2 is 1.83 bits per heavy atom. The number of fused-ring (bicyclic) bond motifs is 2. The Bertz CT molecular complexity index is 1730. The summed E-state index contributed by atoms with van der Waals surface area (Å²) in [6.07, 6.45) is 3.97. The van der Waals surface area contributed by atoms with Crippen molar-refractivity contribution >= 4 is 44.4 Å². The van der Waals surface area contributed by atoms with Gasteiger partial charge in [-0.1, -0.05) is 6.92 Å². The van der Waals surface area contributed by atoms with E-state index in [1.54, 1.807) is 6.20 Å². The summed E-state index contributed by atoms with van der Waals surface area (Å²) in [5.41, 5.74) is 4.59. The van der Waals surface area contributed by atoms with Gasteiger partial charge in [0.1, 0.15) is 24.8 Å². The van der Waals surface area contributed by atoms with Crippen molar-refractivity contribution in [2.45, 2.75) is 20.3 Å². The van der Waals surface area contributed by atoms with E-state index in [1.165, 1.54) is 36.9 Å². The molecule has 12 nitrogen and oxygen atoms in total. The number of aromatic nitrogens is 5. The van der Waals surface area contributed by atoms with E-state index in [0.717, 1.165) is 15.8 Å². The number of aliphatic hydroxyl groups excluding tert-OH is 1. The molecule has 0 bridgehead atoms. The number of amides is 1. The fourth-order valence-electron chi connectivity index (χ4n) is 4.20. The molecule has 0 aliphatic carbocycles. The first-order chi connectivity index (χ1) is 20.4. The first kappa shape index (κ1) is 28.8.